The van der Waals surface area contributed by atoms with E-state index in [2.05, 4.69) is 4.98 Å². The molecule has 2 aliphatic rings. The van der Waals surface area contributed by atoms with Crippen LogP contribution < -0.4 is 0 Å². The number of hydrogen-bond acceptors (Lipinski definition) is 3. The van der Waals surface area contributed by atoms with Crippen molar-refractivity contribution in [3.63, 3.8) is 0 Å². The Morgan fingerprint density at radius 1 is 1.33 bits per heavy atom. The van der Waals surface area contributed by atoms with Crippen LogP contribution in [0.15, 0.2) is 36.8 Å². The van der Waals surface area contributed by atoms with Crippen LogP contribution in [0.4, 0.5) is 4.39 Å². The Labute approximate surface area is 157 Å². The number of rotatable bonds is 3. The summed E-state index contributed by atoms with van der Waals surface area (Å²) in [4.78, 5) is 33.3. The van der Waals surface area contributed by atoms with E-state index < -0.39 is 0 Å². The van der Waals surface area contributed by atoms with Crippen LogP contribution in [0.25, 0.3) is 0 Å². The fourth-order valence-electron chi connectivity index (χ4n) is 4.22. The summed E-state index contributed by atoms with van der Waals surface area (Å²) in [6, 6.07) is 6.34. The van der Waals surface area contributed by atoms with Gasteiger partial charge in [-0.3, -0.25) is 9.59 Å². The first kappa shape index (κ1) is 17.7. The van der Waals surface area contributed by atoms with Gasteiger partial charge in [-0.2, -0.15) is 0 Å². The predicted octanol–water partition coefficient (Wildman–Crippen LogP) is 2.21. The van der Waals surface area contributed by atoms with Gasteiger partial charge in [-0.25, -0.2) is 9.37 Å². The normalized spacial score (nSPS) is 22.7. The molecule has 0 N–H and O–H groups in total. The Kier molecular flexibility index (Phi) is 4.68. The Balaban J connectivity index is 1.55. The van der Waals surface area contributed by atoms with Crippen molar-refractivity contribution in [1.29, 1.82) is 0 Å². The van der Waals surface area contributed by atoms with Crippen LogP contribution in [0.2, 0.25) is 0 Å². The number of likely N-dealkylation sites (tertiary alicyclic amines) is 2. The van der Waals surface area contributed by atoms with E-state index in [1.165, 1.54) is 12.1 Å². The lowest BCUT2D eigenvalue weighted by Crippen LogP contribution is -2.43. The van der Waals surface area contributed by atoms with Gasteiger partial charge in [0.2, 0.25) is 5.91 Å². The molecule has 1 aromatic heterocycles. The number of nitrogens with zero attached hydrogens (tertiary/aromatic N) is 4. The van der Waals surface area contributed by atoms with Crippen LogP contribution in [0.3, 0.4) is 0 Å². The van der Waals surface area contributed by atoms with Crippen molar-refractivity contribution in [1.82, 2.24) is 19.4 Å². The highest BCUT2D eigenvalue weighted by Gasteiger charge is 2.42. The van der Waals surface area contributed by atoms with Crippen LogP contribution >= 0.6 is 0 Å². The summed E-state index contributed by atoms with van der Waals surface area (Å²) in [5.74, 6) is -0.0666. The molecular formula is C20H23FN4O2. The van der Waals surface area contributed by atoms with E-state index in [9.17, 15) is 14.0 Å². The van der Waals surface area contributed by atoms with Gasteiger partial charge in [0.05, 0.1) is 12.4 Å². The predicted molar refractivity (Wildman–Crippen MR) is 97.2 cm³/mol. The first-order valence-electron chi connectivity index (χ1n) is 9.32. The second-order valence-corrected chi connectivity index (χ2v) is 7.51. The van der Waals surface area contributed by atoms with E-state index in [0.29, 0.717) is 31.7 Å². The van der Waals surface area contributed by atoms with Crippen molar-refractivity contribution in [2.75, 3.05) is 13.1 Å². The molecule has 2 atom stereocenters. The number of carbonyl (C=O) groups excluding carboxylic acids is 2. The minimum absolute atomic E-state index is 0.0315. The molecule has 3 heterocycles. The van der Waals surface area contributed by atoms with Gasteiger partial charge in [-0.1, -0.05) is 12.1 Å². The summed E-state index contributed by atoms with van der Waals surface area (Å²) in [6.07, 6.45) is 5.58. The van der Waals surface area contributed by atoms with E-state index >= 15 is 0 Å². The third-order valence-corrected chi connectivity index (χ3v) is 5.55. The quantitative estimate of drug-likeness (QED) is 0.832. The maximum Gasteiger partial charge on any atom is 0.274 e. The summed E-state index contributed by atoms with van der Waals surface area (Å²) >= 11 is 0. The highest BCUT2D eigenvalue weighted by atomic mass is 19.1. The van der Waals surface area contributed by atoms with Crippen LogP contribution in [0, 0.1) is 11.7 Å². The minimum atomic E-state index is -0.301. The Morgan fingerprint density at radius 3 is 2.93 bits per heavy atom. The van der Waals surface area contributed by atoms with Crippen LogP contribution in [-0.2, 0) is 18.4 Å². The van der Waals surface area contributed by atoms with Crippen LogP contribution in [-0.4, -0.2) is 50.3 Å². The highest BCUT2D eigenvalue weighted by molar-refractivity contribution is 5.92. The Bertz CT molecular complexity index is 865. The summed E-state index contributed by atoms with van der Waals surface area (Å²) in [5, 5.41) is 0. The second-order valence-electron chi connectivity index (χ2n) is 7.51. The monoisotopic (exact) mass is 370 g/mol. The van der Waals surface area contributed by atoms with E-state index in [-0.39, 0.29) is 29.6 Å². The molecule has 4 rings (SSSR count). The third-order valence-electron chi connectivity index (χ3n) is 5.55. The van der Waals surface area contributed by atoms with Crippen molar-refractivity contribution < 1.29 is 14.0 Å². The number of carbonyl (C=O) groups is 2. The fourth-order valence-corrected chi connectivity index (χ4v) is 4.22. The molecule has 0 bridgehead atoms. The number of imidazole rings is 1. The minimum Gasteiger partial charge on any atom is -0.340 e. The maximum absolute atomic E-state index is 13.6. The largest absolute Gasteiger partial charge is 0.340 e. The molecule has 0 aliphatic carbocycles. The molecule has 0 saturated carbocycles. The van der Waals surface area contributed by atoms with E-state index in [0.717, 1.165) is 18.4 Å². The molecule has 2 amide bonds. The van der Waals surface area contributed by atoms with Gasteiger partial charge in [0.1, 0.15) is 11.5 Å². The smallest absolute Gasteiger partial charge is 0.274 e. The van der Waals surface area contributed by atoms with Crippen molar-refractivity contribution >= 4 is 11.8 Å². The van der Waals surface area contributed by atoms with E-state index in [1.54, 1.807) is 28.1 Å². The van der Waals surface area contributed by atoms with E-state index in [4.69, 9.17) is 0 Å². The lowest BCUT2D eigenvalue weighted by Gasteiger charge is -2.30. The van der Waals surface area contributed by atoms with Crippen molar-refractivity contribution in [3.8, 4) is 0 Å². The number of benzene rings is 1. The number of amides is 2. The lowest BCUT2D eigenvalue weighted by atomic mass is 9.98. The molecule has 0 spiro atoms. The number of aryl methyl sites for hydroxylation is 1. The van der Waals surface area contributed by atoms with Gasteiger partial charge in [0.25, 0.3) is 5.91 Å². The molecule has 1 aromatic carbocycles. The molecule has 2 unspecified atom stereocenters. The van der Waals surface area contributed by atoms with E-state index in [1.807, 2.05) is 18.0 Å². The summed E-state index contributed by atoms with van der Waals surface area (Å²) in [7, 11) is 1.83. The zero-order valence-corrected chi connectivity index (χ0v) is 15.3. The third kappa shape index (κ3) is 3.59. The molecular weight excluding hydrogens is 347 g/mol. The zero-order chi connectivity index (χ0) is 19.0. The molecule has 6 nitrogen and oxygen atoms in total. The highest BCUT2D eigenvalue weighted by Crippen LogP contribution is 2.32. The topological polar surface area (TPSA) is 58.4 Å². The summed E-state index contributed by atoms with van der Waals surface area (Å²) in [6.45, 7) is 1.51. The van der Waals surface area contributed by atoms with Crippen LogP contribution in [0.5, 0.6) is 0 Å². The number of fused-ring (bicyclic) bond motifs is 1. The first-order valence-corrected chi connectivity index (χ1v) is 9.32. The molecule has 0 radical (unpaired) electrons. The number of hydrogen-bond donors (Lipinski definition) is 0. The van der Waals surface area contributed by atoms with Gasteiger partial charge < -0.3 is 14.4 Å². The standard InChI is InChI=1S/C20H23FN4O2/c1-23-11-17(22-13-23)20(27)24-10-15-5-3-7-19(26)25(18(15)12-24)9-14-4-2-6-16(21)8-14/h2,4,6,8,11,13,15,18H,3,5,7,9-10,12H2,1H3. The molecule has 2 fully saturated rings. The van der Waals surface area contributed by atoms with Gasteiger partial charge in [0, 0.05) is 39.3 Å². The van der Waals surface area contributed by atoms with Crippen molar-refractivity contribution in [2.24, 2.45) is 13.0 Å². The molecule has 2 saturated heterocycles. The summed E-state index contributed by atoms with van der Waals surface area (Å²) < 4.78 is 15.3. The van der Waals surface area contributed by atoms with Gasteiger partial charge in [0.15, 0.2) is 0 Å². The second kappa shape index (κ2) is 7.13. The molecule has 27 heavy (non-hydrogen) atoms. The van der Waals surface area contributed by atoms with Crippen LogP contribution in [0.1, 0.15) is 35.3 Å². The van der Waals surface area contributed by atoms with Gasteiger partial charge >= 0.3 is 0 Å². The first-order chi connectivity index (χ1) is 13.0. The number of aromatic nitrogens is 2. The lowest BCUT2D eigenvalue weighted by molar-refractivity contribution is -0.133. The van der Waals surface area contributed by atoms with Crippen molar-refractivity contribution in [2.45, 2.75) is 31.8 Å². The zero-order valence-electron chi connectivity index (χ0n) is 15.3. The van der Waals surface area contributed by atoms with Crippen molar-refractivity contribution in [3.05, 3.63) is 53.9 Å². The van der Waals surface area contributed by atoms with Gasteiger partial charge in [-0.15, -0.1) is 0 Å². The Morgan fingerprint density at radius 2 is 2.19 bits per heavy atom. The maximum atomic E-state index is 13.6. The fraction of sp³-hybridized carbons (Fsp3) is 0.450. The number of halogens is 1. The average molecular weight is 370 g/mol. The Hall–Kier alpha value is -2.70. The SMILES string of the molecule is Cn1cnc(C(=O)N2CC3CCCC(=O)N(Cc4cccc(F)c4)C3C2)c1. The molecule has 2 aliphatic heterocycles. The summed E-state index contributed by atoms with van der Waals surface area (Å²) in [5.41, 5.74) is 1.20. The average Bonchev–Trinajstić information content (AvgIpc) is 3.22. The molecule has 142 valence electrons. The van der Waals surface area contributed by atoms with Gasteiger partial charge in [-0.05, 0) is 36.5 Å². The molecule has 7 heteroatoms. The molecule has 2 aromatic rings.